The molecule has 0 aromatic carbocycles. The summed E-state index contributed by atoms with van der Waals surface area (Å²) in [7, 11) is 0. The van der Waals surface area contributed by atoms with Crippen LogP contribution in [0.1, 0.15) is 40.3 Å². The van der Waals surface area contributed by atoms with Gasteiger partial charge in [0.05, 0.1) is 25.2 Å². The first kappa shape index (κ1) is 19.9. The zero-order chi connectivity index (χ0) is 20.1. The van der Waals surface area contributed by atoms with Crippen LogP contribution in [-0.4, -0.2) is 43.9 Å². The Hall–Kier alpha value is -2.81. The second kappa shape index (κ2) is 8.92. The number of nitrogens with zero attached hydrogens (tertiary/aromatic N) is 3. The minimum Gasteiger partial charge on any atom is -0.467 e. The predicted octanol–water partition coefficient (Wildman–Crippen LogP) is 2.94. The Kier molecular flexibility index (Phi) is 6.35. The first-order chi connectivity index (χ1) is 13.5. The number of hydrogen-bond donors (Lipinski definition) is 1. The smallest absolute Gasteiger partial charge is 0.313 e. The van der Waals surface area contributed by atoms with Crippen LogP contribution in [0.2, 0.25) is 0 Å². The molecule has 9 heteroatoms. The van der Waals surface area contributed by atoms with Crippen molar-refractivity contribution in [3.05, 3.63) is 53.0 Å². The molecule has 3 aromatic heterocycles. The maximum Gasteiger partial charge on any atom is 0.313 e. The van der Waals surface area contributed by atoms with Crippen LogP contribution in [0, 0.1) is 13.8 Å². The Labute approximate surface area is 166 Å². The second-order valence-corrected chi connectivity index (χ2v) is 7.19. The molecular weight excluding hydrogens is 380 g/mol. The summed E-state index contributed by atoms with van der Waals surface area (Å²) in [6, 6.07) is 5.47. The SMILES string of the molecule is CCOC(=O)Cc1nnc(SCC(=O)c2cc(C)[nH]c2C)n1Cc1ccco1. The summed E-state index contributed by atoms with van der Waals surface area (Å²) in [6.07, 6.45) is 1.59. The van der Waals surface area contributed by atoms with E-state index in [0.717, 1.165) is 11.4 Å². The fourth-order valence-corrected chi connectivity index (χ4v) is 3.68. The van der Waals surface area contributed by atoms with Gasteiger partial charge in [-0.25, -0.2) is 0 Å². The summed E-state index contributed by atoms with van der Waals surface area (Å²) in [5.41, 5.74) is 2.47. The molecule has 1 N–H and O–H groups in total. The summed E-state index contributed by atoms with van der Waals surface area (Å²) < 4.78 is 12.2. The van der Waals surface area contributed by atoms with E-state index in [4.69, 9.17) is 9.15 Å². The molecule has 0 spiro atoms. The van der Waals surface area contributed by atoms with Crippen molar-refractivity contribution in [2.75, 3.05) is 12.4 Å². The van der Waals surface area contributed by atoms with Crippen LogP contribution in [0.25, 0.3) is 0 Å². The van der Waals surface area contributed by atoms with Gasteiger partial charge in [-0.3, -0.25) is 14.2 Å². The number of thioether (sulfide) groups is 1. The van der Waals surface area contributed by atoms with Crippen molar-refractivity contribution < 1.29 is 18.7 Å². The van der Waals surface area contributed by atoms with E-state index < -0.39 is 0 Å². The van der Waals surface area contributed by atoms with E-state index in [-0.39, 0.29) is 23.9 Å². The van der Waals surface area contributed by atoms with Crippen LogP contribution < -0.4 is 0 Å². The molecule has 3 heterocycles. The van der Waals surface area contributed by atoms with Gasteiger partial charge in [0.2, 0.25) is 0 Å². The minimum absolute atomic E-state index is 0.00587. The zero-order valence-corrected chi connectivity index (χ0v) is 16.8. The van der Waals surface area contributed by atoms with Gasteiger partial charge in [-0.1, -0.05) is 11.8 Å². The number of H-pyrrole nitrogens is 1. The highest BCUT2D eigenvalue weighted by Gasteiger charge is 2.19. The predicted molar refractivity (Wildman–Crippen MR) is 103 cm³/mol. The van der Waals surface area contributed by atoms with Crippen molar-refractivity contribution in [2.24, 2.45) is 0 Å². The molecule has 0 unspecified atom stereocenters. The Balaban J connectivity index is 1.77. The van der Waals surface area contributed by atoms with Crippen LogP contribution in [0.5, 0.6) is 0 Å². The summed E-state index contributed by atoms with van der Waals surface area (Å²) in [6.45, 7) is 6.22. The number of nitrogens with one attached hydrogen (secondary N) is 1. The molecular formula is C19H22N4O4S. The lowest BCUT2D eigenvalue weighted by molar-refractivity contribution is -0.142. The molecule has 0 fully saturated rings. The average molecular weight is 402 g/mol. The van der Waals surface area contributed by atoms with Crippen LogP contribution >= 0.6 is 11.8 Å². The van der Waals surface area contributed by atoms with Gasteiger partial charge in [0, 0.05) is 17.0 Å². The van der Waals surface area contributed by atoms with E-state index in [2.05, 4.69) is 15.2 Å². The van der Waals surface area contributed by atoms with Crippen molar-refractivity contribution in [3.8, 4) is 0 Å². The number of aromatic amines is 1. The van der Waals surface area contributed by atoms with E-state index >= 15 is 0 Å². The fourth-order valence-electron chi connectivity index (χ4n) is 2.84. The van der Waals surface area contributed by atoms with Crippen molar-refractivity contribution >= 4 is 23.5 Å². The van der Waals surface area contributed by atoms with Gasteiger partial charge in [-0.15, -0.1) is 10.2 Å². The number of rotatable bonds is 9. The van der Waals surface area contributed by atoms with Gasteiger partial charge in [0.1, 0.15) is 18.0 Å². The standard InChI is InChI=1S/C19H22N4O4S/c1-4-26-18(25)9-17-21-22-19(23(17)10-14-6-5-7-27-14)28-11-16(24)15-8-12(2)20-13(15)3/h5-8,20H,4,9-11H2,1-3H3. The number of Topliss-reactive ketones (excluding diaryl/α,β-unsaturated/α-hetero) is 1. The average Bonchev–Trinajstić information content (AvgIpc) is 3.36. The third kappa shape index (κ3) is 4.72. The van der Waals surface area contributed by atoms with Gasteiger partial charge in [0.15, 0.2) is 10.9 Å². The number of ketones is 1. The molecule has 0 aliphatic rings. The highest BCUT2D eigenvalue weighted by Crippen LogP contribution is 2.22. The van der Waals surface area contributed by atoms with Gasteiger partial charge in [0.25, 0.3) is 0 Å². The Bertz CT molecular complexity index is 959. The quantitative estimate of drug-likeness (QED) is 0.333. The van der Waals surface area contributed by atoms with E-state index in [0.29, 0.717) is 35.5 Å². The molecule has 0 saturated heterocycles. The summed E-state index contributed by atoms with van der Waals surface area (Å²) in [4.78, 5) is 27.6. The minimum atomic E-state index is -0.373. The highest BCUT2D eigenvalue weighted by molar-refractivity contribution is 7.99. The molecule has 0 radical (unpaired) electrons. The van der Waals surface area contributed by atoms with Gasteiger partial charge in [-0.2, -0.15) is 0 Å². The summed E-state index contributed by atoms with van der Waals surface area (Å²) in [5.74, 6) is 1.02. The molecule has 0 aliphatic heterocycles. The molecule has 3 rings (SSSR count). The van der Waals surface area contributed by atoms with Crippen LogP contribution in [-0.2, 0) is 22.5 Å². The largest absolute Gasteiger partial charge is 0.467 e. The maximum absolute atomic E-state index is 12.6. The molecule has 0 bridgehead atoms. The normalized spacial score (nSPS) is 11.0. The summed E-state index contributed by atoms with van der Waals surface area (Å²) >= 11 is 1.28. The molecule has 148 valence electrons. The van der Waals surface area contributed by atoms with Crippen molar-refractivity contribution in [3.63, 3.8) is 0 Å². The van der Waals surface area contributed by atoms with Gasteiger partial charge >= 0.3 is 5.97 Å². The number of esters is 1. The topological polar surface area (TPSA) is 103 Å². The van der Waals surface area contributed by atoms with Crippen LogP contribution in [0.3, 0.4) is 0 Å². The third-order valence-corrected chi connectivity index (χ3v) is 5.04. The van der Waals surface area contributed by atoms with Crippen molar-refractivity contribution in [1.29, 1.82) is 0 Å². The number of hydrogen-bond acceptors (Lipinski definition) is 7. The number of furan rings is 1. The first-order valence-corrected chi connectivity index (χ1v) is 9.88. The molecule has 28 heavy (non-hydrogen) atoms. The van der Waals surface area contributed by atoms with E-state index in [1.807, 2.05) is 26.0 Å². The molecule has 0 aliphatic carbocycles. The van der Waals surface area contributed by atoms with Gasteiger partial charge < -0.3 is 14.1 Å². The highest BCUT2D eigenvalue weighted by atomic mass is 32.2. The third-order valence-electron chi connectivity index (χ3n) is 4.08. The number of aryl methyl sites for hydroxylation is 2. The van der Waals surface area contributed by atoms with Crippen molar-refractivity contribution in [2.45, 2.75) is 38.9 Å². The number of carbonyl (C=O) groups excluding carboxylic acids is 2. The second-order valence-electron chi connectivity index (χ2n) is 6.25. The van der Waals surface area contributed by atoms with Crippen molar-refractivity contribution in [1.82, 2.24) is 19.7 Å². The lowest BCUT2D eigenvalue weighted by atomic mass is 10.2. The monoisotopic (exact) mass is 402 g/mol. The van der Waals surface area contributed by atoms with E-state index in [1.165, 1.54) is 11.8 Å². The lowest BCUT2D eigenvalue weighted by Crippen LogP contribution is -2.14. The first-order valence-electron chi connectivity index (χ1n) is 8.90. The molecule has 8 nitrogen and oxygen atoms in total. The van der Waals surface area contributed by atoms with E-state index in [9.17, 15) is 9.59 Å². The molecule has 0 atom stereocenters. The van der Waals surface area contributed by atoms with E-state index in [1.54, 1.807) is 23.8 Å². The number of carbonyl (C=O) groups is 2. The van der Waals surface area contributed by atoms with Gasteiger partial charge in [-0.05, 0) is 39.0 Å². The fraction of sp³-hybridized carbons (Fsp3) is 0.368. The molecule has 0 amide bonds. The number of aromatic nitrogens is 4. The lowest BCUT2D eigenvalue weighted by Gasteiger charge is -2.08. The van der Waals surface area contributed by atoms with Crippen LogP contribution in [0.4, 0.5) is 0 Å². The molecule has 0 saturated carbocycles. The summed E-state index contributed by atoms with van der Waals surface area (Å²) in [5, 5.41) is 8.84. The zero-order valence-electron chi connectivity index (χ0n) is 16.0. The number of ether oxygens (including phenoxy) is 1. The Morgan fingerprint density at radius 1 is 1.32 bits per heavy atom. The Morgan fingerprint density at radius 3 is 2.79 bits per heavy atom. The van der Waals surface area contributed by atoms with Crippen LogP contribution in [0.15, 0.2) is 34.0 Å². The molecule has 3 aromatic rings. The Morgan fingerprint density at radius 2 is 2.14 bits per heavy atom. The maximum atomic E-state index is 12.6.